The molecule has 1 saturated heterocycles. The van der Waals surface area contributed by atoms with Crippen molar-refractivity contribution in [3.8, 4) is 11.8 Å². The van der Waals surface area contributed by atoms with Gasteiger partial charge in [0.1, 0.15) is 5.75 Å². The molecule has 0 bridgehead atoms. The van der Waals surface area contributed by atoms with Crippen molar-refractivity contribution in [3.05, 3.63) is 23.8 Å². The quantitative estimate of drug-likeness (QED) is 0.762. The molecule has 1 heterocycles. The first-order chi connectivity index (χ1) is 8.27. The Balaban J connectivity index is 2.41. The van der Waals surface area contributed by atoms with Crippen molar-refractivity contribution >= 4 is 12.6 Å². The van der Waals surface area contributed by atoms with Crippen LogP contribution in [0.3, 0.4) is 0 Å². The Morgan fingerprint density at radius 1 is 1.17 bits per heavy atom. The average molecular weight is 245 g/mol. The Kier molecular flexibility index (Phi) is 2.88. The number of phenols is 1. The summed E-state index contributed by atoms with van der Waals surface area (Å²) in [4.78, 5) is 0. The van der Waals surface area contributed by atoms with Gasteiger partial charge in [-0.05, 0) is 45.9 Å². The number of aromatic hydroxyl groups is 1. The van der Waals surface area contributed by atoms with Gasteiger partial charge in [0.15, 0.2) is 0 Å². The number of nitriles is 1. The molecule has 1 N–H and O–H groups in total. The maximum absolute atomic E-state index is 9.53. The Bertz CT molecular complexity index is 503. The molecular formula is C13H16BNO3. The molecule has 0 saturated carbocycles. The van der Waals surface area contributed by atoms with Crippen LogP contribution in [0.15, 0.2) is 18.2 Å². The summed E-state index contributed by atoms with van der Waals surface area (Å²) >= 11 is 0. The molecule has 0 amide bonds. The van der Waals surface area contributed by atoms with Gasteiger partial charge in [0.25, 0.3) is 0 Å². The highest BCUT2D eigenvalue weighted by atomic mass is 16.7. The van der Waals surface area contributed by atoms with Crippen LogP contribution in [0.5, 0.6) is 5.75 Å². The maximum Gasteiger partial charge on any atom is 0.496 e. The SMILES string of the molecule is CC1(C)OB(c2cc(O)ccc2C#N)OC1(C)C. The highest BCUT2D eigenvalue weighted by Gasteiger charge is 2.52. The van der Waals surface area contributed by atoms with Gasteiger partial charge < -0.3 is 14.4 Å². The van der Waals surface area contributed by atoms with Gasteiger partial charge in [0.05, 0.1) is 22.8 Å². The summed E-state index contributed by atoms with van der Waals surface area (Å²) in [6, 6.07) is 6.64. The van der Waals surface area contributed by atoms with Gasteiger partial charge in [-0.15, -0.1) is 0 Å². The summed E-state index contributed by atoms with van der Waals surface area (Å²) in [6.45, 7) is 7.79. The number of benzene rings is 1. The van der Waals surface area contributed by atoms with E-state index in [9.17, 15) is 5.11 Å². The number of rotatable bonds is 1. The third-order valence-corrected chi connectivity index (χ3v) is 3.66. The first-order valence-corrected chi connectivity index (χ1v) is 5.85. The minimum Gasteiger partial charge on any atom is -0.508 e. The fourth-order valence-electron chi connectivity index (χ4n) is 1.82. The van der Waals surface area contributed by atoms with E-state index >= 15 is 0 Å². The molecule has 1 aliphatic rings. The third kappa shape index (κ3) is 1.98. The van der Waals surface area contributed by atoms with Crippen molar-refractivity contribution in [1.82, 2.24) is 0 Å². The van der Waals surface area contributed by atoms with E-state index in [1.807, 2.05) is 27.7 Å². The zero-order valence-corrected chi connectivity index (χ0v) is 11.0. The standard InChI is InChI=1S/C13H16BNO3/c1-12(2)13(3,4)18-14(17-12)11-7-10(16)6-5-9(11)8-15/h5-7,16H,1-4H3. The lowest BCUT2D eigenvalue weighted by atomic mass is 9.76. The highest BCUT2D eigenvalue weighted by molar-refractivity contribution is 6.63. The van der Waals surface area contributed by atoms with Crippen molar-refractivity contribution in [3.63, 3.8) is 0 Å². The van der Waals surface area contributed by atoms with E-state index in [-0.39, 0.29) is 5.75 Å². The molecular weight excluding hydrogens is 229 g/mol. The lowest BCUT2D eigenvalue weighted by Gasteiger charge is -2.32. The monoisotopic (exact) mass is 245 g/mol. The van der Waals surface area contributed by atoms with Crippen molar-refractivity contribution in [2.45, 2.75) is 38.9 Å². The molecule has 2 rings (SSSR count). The lowest BCUT2D eigenvalue weighted by molar-refractivity contribution is 0.00578. The fourth-order valence-corrected chi connectivity index (χ4v) is 1.82. The second-order valence-electron chi connectivity index (χ2n) is 5.47. The van der Waals surface area contributed by atoms with Gasteiger partial charge in [-0.2, -0.15) is 5.26 Å². The van der Waals surface area contributed by atoms with Crippen molar-refractivity contribution in [2.75, 3.05) is 0 Å². The van der Waals surface area contributed by atoms with Crippen LogP contribution in [-0.2, 0) is 9.31 Å². The van der Waals surface area contributed by atoms with Gasteiger partial charge >= 0.3 is 7.12 Å². The van der Waals surface area contributed by atoms with E-state index in [4.69, 9.17) is 14.6 Å². The second-order valence-corrected chi connectivity index (χ2v) is 5.47. The topological polar surface area (TPSA) is 62.5 Å². The van der Waals surface area contributed by atoms with E-state index in [0.717, 1.165) is 0 Å². The molecule has 0 aliphatic carbocycles. The molecule has 18 heavy (non-hydrogen) atoms. The number of hydrogen-bond donors (Lipinski definition) is 1. The summed E-state index contributed by atoms with van der Waals surface area (Å²) in [7, 11) is -0.628. The van der Waals surface area contributed by atoms with Crippen LogP contribution in [0, 0.1) is 11.3 Å². The van der Waals surface area contributed by atoms with E-state index in [2.05, 4.69) is 6.07 Å². The van der Waals surface area contributed by atoms with Gasteiger partial charge in [-0.1, -0.05) is 0 Å². The van der Waals surface area contributed by atoms with E-state index in [1.54, 1.807) is 6.07 Å². The van der Waals surface area contributed by atoms with Gasteiger partial charge in [0, 0.05) is 5.46 Å². The lowest BCUT2D eigenvalue weighted by Crippen LogP contribution is -2.41. The summed E-state index contributed by atoms with van der Waals surface area (Å²) < 4.78 is 11.7. The Morgan fingerprint density at radius 2 is 1.72 bits per heavy atom. The molecule has 5 heteroatoms. The Hall–Kier alpha value is -1.51. The Morgan fingerprint density at radius 3 is 2.22 bits per heavy atom. The summed E-state index contributed by atoms with van der Waals surface area (Å²) in [5.41, 5.74) is 0.0913. The van der Waals surface area contributed by atoms with Crippen LogP contribution in [-0.4, -0.2) is 23.4 Å². The van der Waals surface area contributed by atoms with Crippen LogP contribution < -0.4 is 5.46 Å². The zero-order chi connectivity index (χ0) is 13.6. The molecule has 0 radical (unpaired) electrons. The van der Waals surface area contributed by atoms with Crippen LogP contribution in [0.4, 0.5) is 0 Å². The number of hydrogen-bond acceptors (Lipinski definition) is 4. The summed E-state index contributed by atoms with van der Waals surface area (Å²) in [5.74, 6) is 0.0960. The predicted octanol–water partition coefficient (Wildman–Crippen LogP) is 1.56. The Labute approximate surface area is 107 Å². The number of phenolic OH excluding ortho intramolecular Hbond substituents is 1. The molecule has 1 aromatic carbocycles. The molecule has 4 nitrogen and oxygen atoms in total. The van der Waals surface area contributed by atoms with Crippen molar-refractivity contribution in [1.29, 1.82) is 5.26 Å². The molecule has 1 fully saturated rings. The molecule has 0 unspecified atom stereocenters. The van der Waals surface area contributed by atoms with Crippen molar-refractivity contribution < 1.29 is 14.4 Å². The van der Waals surface area contributed by atoms with E-state index in [1.165, 1.54) is 12.1 Å². The van der Waals surface area contributed by atoms with Gasteiger partial charge in [-0.3, -0.25) is 0 Å². The first kappa shape index (κ1) is 12.9. The van der Waals surface area contributed by atoms with Crippen molar-refractivity contribution in [2.24, 2.45) is 0 Å². The minimum atomic E-state index is -0.628. The van der Waals surface area contributed by atoms with Gasteiger partial charge in [-0.25, -0.2) is 0 Å². The molecule has 0 aromatic heterocycles. The predicted molar refractivity (Wildman–Crippen MR) is 68.5 cm³/mol. The highest BCUT2D eigenvalue weighted by Crippen LogP contribution is 2.36. The van der Waals surface area contributed by atoms with Gasteiger partial charge in [0.2, 0.25) is 0 Å². The molecule has 1 aliphatic heterocycles. The largest absolute Gasteiger partial charge is 0.508 e. The fraction of sp³-hybridized carbons (Fsp3) is 0.462. The number of nitrogens with zero attached hydrogens (tertiary/aromatic N) is 1. The van der Waals surface area contributed by atoms with Crippen LogP contribution in [0.1, 0.15) is 33.3 Å². The van der Waals surface area contributed by atoms with E-state index < -0.39 is 18.3 Å². The smallest absolute Gasteiger partial charge is 0.496 e. The summed E-state index contributed by atoms with van der Waals surface area (Å²) in [6.07, 6.45) is 0. The second kappa shape index (κ2) is 4.01. The third-order valence-electron chi connectivity index (χ3n) is 3.66. The zero-order valence-electron chi connectivity index (χ0n) is 11.0. The minimum absolute atomic E-state index is 0.0960. The van der Waals surface area contributed by atoms with Crippen LogP contribution >= 0.6 is 0 Å². The van der Waals surface area contributed by atoms with E-state index in [0.29, 0.717) is 11.0 Å². The van der Waals surface area contributed by atoms with Crippen LogP contribution in [0.25, 0.3) is 0 Å². The normalized spacial score (nSPS) is 20.7. The van der Waals surface area contributed by atoms with Crippen LogP contribution in [0.2, 0.25) is 0 Å². The molecule has 0 atom stereocenters. The first-order valence-electron chi connectivity index (χ1n) is 5.85. The molecule has 1 aromatic rings. The average Bonchev–Trinajstić information content (AvgIpc) is 2.48. The maximum atomic E-state index is 9.53. The summed E-state index contributed by atoms with van der Waals surface area (Å²) in [5, 5.41) is 18.6. The molecule has 0 spiro atoms. The molecule has 94 valence electrons.